The molecule has 1 fully saturated rings. The van der Waals surface area contributed by atoms with Crippen molar-refractivity contribution in [1.29, 1.82) is 0 Å². The van der Waals surface area contributed by atoms with Crippen molar-refractivity contribution in [2.24, 2.45) is 4.99 Å². The molecule has 0 N–H and O–H groups in total. The van der Waals surface area contributed by atoms with Crippen molar-refractivity contribution in [3.8, 4) is 0 Å². The highest BCUT2D eigenvalue weighted by Crippen LogP contribution is 2.37. The summed E-state index contributed by atoms with van der Waals surface area (Å²) in [5, 5.41) is 1.02. The quantitative estimate of drug-likeness (QED) is 0.469. The first-order valence-electron chi connectivity index (χ1n) is 11.9. The van der Waals surface area contributed by atoms with Gasteiger partial charge in [-0.1, -0.05) is 38.4 Å². The minimum Gasteiger partial charge on any atom is -0.416 e. The van der Waals surface area contributed by atoms with E-state index < -0.39 is 8.32 Å². The third kappa shape index (κ3) is 5.62. The molecule has 0 aromatic heterocycles. The number of nitrogens with zero attached hydrogens (tertiary/aromatic N) is 4. The molecule has 2 heterocycles. The van der Waals surface area contributed by atoms with Gasteiger partial charge in [0.1, 0.15) is 6.67 Å². The largest absolute Gasteiger partial charge is 0.416 e. The molecule has 0 unspecified atom stereocenters. The number of rotatable bonds is 6. The van der Waals surface area contributed by atoms with Crippen LogP contribution in [-0.4, -0.2) is 65.4 Å². The van der Waals surface area contributed by atoms with Gasteiger partial charge in [0.05, 0.1) is 5.69 Å². The summed E-state index contributed by atoms with van der Waals surface area (Å²) in [6.45, 7) is 18.2. The Labute approximate surface area is 205 Å². The summed E-state index contributed by atoms with van der Waals surface area (Å²) in [4.78, 5) is 11.8. The molecule has 0 radical (unpaired) electrons. The minimum atomic E-state index is -1.67. The first-order valence-corrected chi connectivity index (χ1v) is 15.2. The number of piperazine rings is 1. The molecule has 0 saturated carbocycles. The van der Waals surface area contributed by atoms with E-state index in [1.807, 2.05) is 24.4 Å². The number of benzene rings is 2. The fourth-order valence-corrected chi connectivity index (χ4v) is 5.31. The summed E-state index contributed by atoms with van der Waals surface area (Å²) in [5.74, 6) is 0. The van der Waals surface area contributed by atoms with Crippen LogP contribution in [0.1, 0.15) is 26.3 Å². The number of hydrogen-bond acceptors (Lipinski definition) is 5. The zero-order chi connectivity index (χ0) is 23.6. The maximum Gasteiger partial charge on any atom is 0.192 e. The smallest absolute Gasteiger partial charge is 0.192 e. The minimum absolute atomic E-state index is 0.266. The van der Waals surface area contributed by atoms with E-state index in [9.17, 15) is 0 Å². The van der Waals surface area contributed by atoms with Crippen molar-refractivity contribution >= 4 is 43.2 Å². The van der Waals surface area contributed by atoms with Gasteiger partial charge >= 0.3 is 0 Å². The van der Waals surface area contributed by atoms with E-state index in [1.165, 1.54) is 5.69 Å². The van der Waals surface area contributed by atoms with Gasteiger partial charge in [0.15, 0.2) is 8.32 Å². The lowest BCUT2D eigenvalue weighted by molar-refractivity contribution is 0.191. The van der Waals surface area contributed by atoms with Crippen molar-refractivity contribution < 1.29 is 4.43 Å². The normalized spacial score (nSPS) is 17.4. The van der Waals surface area contributed by atoms with Gasteiger partial charge in [-0.3, -0.25) is 9.89 Å². The van der Waals surface area contributed by atoms with Crippen molar-refractivity contribution in [3.05, 3.63) is 53.1 Å². The predicted molar refractivity (Wildman–Crippen MR) is 144 cm³/mol. The Morgan fingerprint density at radius 3 is 2.45 bits per heavy atom. The SMILES string of the molecule is CC(C)(C)[Si](C)(C)OCCN1CCN(c2cccc(N3CN=Cc4ccc(Cl)cc43)c2)CC1. The van der Waals surface area contributed by atoms with Gasteiger partial charge in [-0.05, 0) is 54.5 Å². The molecule has 33 heavy (non-hydrogen) atoms. The summed E-state index contributed by atoms with van der Waals surface area (Å²) < 4.78 is 6.39. The van der Waals surface area contributed by atoms with Gasteiger partial charge in [-0.15, -0.1) is 0 Å². The van der Waals surface area contributed by atoms with Crippen molar-refractivity contribution in [2.45, 2.75) is 38.9 Å². The van der Waals surface area contributed by atoms with E-state index in [1.54, 1.807) is 0 Å². The molecule has 0 atom stereocenters. The highest BCUT2D eigenvalue weighted by Gasteiger charge is 2.37. The molecule has 1 saturated heterocycles. The van der Waals surface area contributed by atoms with Gasteiger partial charge in [0.2, 0.25) is 0 Å². The van der Waals surface area contributed by atoms with Crippen LogP contribution in [-0.2, 0) is 4.43 Å². The molecular formula is C26H37ClN4OSi. The highest BCUT2D eigenvalue weighted by molar-refractivity contribution is 6.74. The Bertz CT molecular complexity index is 996. The van der Waals surface area contributed by atoms with E-state index in [-0.39, 0.29) is 5.04 Å². The lowest BCUT2D eigenvalue weighted by atomic mass is 10.1. The number of anilines is 3. The van der Waals surface area contributed by atoms with Gasteiger partial charge < -0.3 is 14.2 Å². The summed E-state index contributed by atoms with van der Waals surface area (Å²) in [5.41, 5.74) is 4.63. The van der Waals surface area contributed by atoms with Crippen LogP contribution in [0.3, 0.4) is 0 Å². The average Bonchev–Trinajstić information content (AvgIpc) is 2.78. The summed E-state index contributed by atoms with van der Waals surface area (Å²) in [7, 11) is -1.67. The number of aliphatic imine (C=N–C) groups is 1. The van der Waals surface area contributed by atoms with Crippen LogP contribution in [0.15, 0.2) is 47.5 Å². The number of fused-ring (bicyclic) bond motifs is 1. The third-order valence-corrected chi connectivity index (χ3v) is 12.1. The predicted octanol–water partition coefficient (Wildman–Crippen LogP) is 6.01. The van der Waals surface area contributed by atoms with E-state index in [0.717, 1.165) is 61.3 Å². The molecule has 0 aliphatic carbocycles. The summed E-state index contributed by atoms with van der Waals surface area (Å²) >= 11 is 6.29. The molecule has 2 aliphatic heterocycles. The molecule has 4 rings (SSSR count). The molecule has 7 heteroatoms. The van der Waals surface area contributed by atoms with Crippen LogP contribution in [0.4, 0.5) is 17.1 Å². The number of halogens is 1. The van der Waals surface area contributed by atoms with Crippen LogP contribution in [0.5, 0.6) is 0 Å². The fourth-order valence-electron chi connectivity index (χ4n) is 4.11. The zero-order valence-corrected chi connectivity index (χ0v) is 22.4. The molecule has 0 spiro atoms. The Morgan fingerprint density at radius 2 is 1.73 bits per heavy atom. The van der Waals surface area contributed by atoms with Crippen LogP contribution in [0.2, 0.25) is 23.2 Å². The second-order valence-corrected chi connectivity index (χ2v) is 15.8. The van der Waals surface area contributed by atoms with Crippen LogP contribution in [0.25, 0.3) is 0 Å². The maximum absolute atomic E-state index is 6.39. The van der Waals surface area contributed by atoms with E-state index in [2.05, 4.69) is 77.8 Å². The maximum atomic E-state index is 6.39. The molecule has 0 bridgehead atoms. The lowest BCUT2D eigenvalue weighted by Gasteiger charge is -2.39. The second kappa shape index (κ2) is 9.78. The van der Waals surface area contributed by atoms with Crippen molar-refractivity contribution in [3.63, 3.8) is 0 Å². The van der Waals surface area contributed by atoms with Gasteiger partial charge in [-0.25, -0.2) is 0 Å². The van der Waals surface area contributed by atoms with Gasteiger partial charge in [0.25, 0.3) is 0 Å². The summed E-state index contributed by atoms with van der Waals surface area (Å²) in [6, 6.07) is 14.8. The van der Waals surface area contributed by atoms with Gasteiger partial charge in [0, 0.05) is 67.5 Å². The number of hydrogen-bond donors (Lipinski definition) is 0. The van der Waals surface area contributed by atoms with E-state index >= 15 is 0 Å². The van der Waals surface area contributed by atoms with Crippen LogP contribution >= 0.6 is 11.6 Å². The average molecular weight is 485 g/mol. The monoisotopic (exact) mass is 484 g/mol. The van der Waals surface area contributed by atoms with Crippen LogP contribution < -0.4 is 9.80 Å². The first-order chi connectivity index (χ1) is 15.6. The highest BCUT2D eigenvalue weighted by atomic mass is 35.5. The Balaban J connectivity index is 1.36. The fraction of sp³-hybridized carbons (Fsp3) is 0.500. The molecule has 2 aliphatic rings. The molecule has 5 nitrogen and oxygen atoms in total. The van der Waals surface area contributed by atoms with Crippen molar-refractivity contribution in [1.82, 2.24) is 4.90 Å². The Morgan fingerprint density at radius 1 is 1.00 bits per heavy atom. The van der Waals surface area contributed by atoms with E-state index in [4.69, 9.17) is 16.0 Å². The zero-order valence-electron chi connectivity index (χ0n) is 20.6. The molecule has 178 valence electrons. The molecule has 2 aromatic rings. The Kier molecular flexibility index (Phi) is 7.19. The lowest BCUT2D eigenvalue weighted by Crippen LogP contribution is -2.48. The molecular weight excluding hydrogens is 448 g/mol. The topological polar surface area (TPSA) is 31.3 Å². The van der Waals surface area contributed by atoms with E-state index in [0.29, 0.717) is 6.67 Å². The van der Waals surface area contributed by atoms with Crippen molar-refractivity contribution in [2.75, 3.05) is 55.8 Å². The van der Waals surface area contributed by atoms with Crippen LogP contribution in [0, 0.1) is 0 Å². The first kappa shape index (κ1) is 24.3. The molecule has 2 aromatic carbocycles. The second-order valence-electron chi connectivity index (χ2n) is 10.5. The summed E-state index contributed by atoms with van der Waals surface area (Å²) in [6.07, 6.45) is 1.93. The molecule has 0 amide bonds. The van der Waals surface area contributed by atoms with Gasteiger partial charge in [-0.2, -0.15) is 0 Å². The Hall–Kier alpha value is -1.86. The third-order valence-electron chi connectivity index (χ3n) is 7.29. The standard InChI is InChI=1S/C26H37ClN4OSi/c1-26(2,3)33(4,5)32-16-15-29-11-13-30(14-12-29)23-7-6-8-24(18-23)31-20-28-19-21-9-10-22(27)17-25(21)31/h6-10,17-19H,11-16,20H2,1-5H3.